The molecular formula is C19H25N3O2S2. The van der Waals surface area contributed by atoms with Gasteiger partial charge in [-0.3, -0.25) is 14.2 Å². The highest BCUT2D eigenvalue weighted by molar-refractivity contribution is 8.00. The van der Waals surface area contributed by atoms with Gasteiger partial charge < -0.3 is 4.90 Å². The van der Waals surface area contributed by atoms with Crippen LogP contribution in [-0.2, 0) is 24.2 Å². The van der Waals surface area contributed by atoms with Gasteiger partial charge in [0.25, 0.3) is 5.56 Å². The summed E-state index contributed by atoms with van der Waals surface area (Å²) in [4.78, 5) is 34.0. The van der Waals surface area contributed by atoms with Gasteiger partial charge in [0.1, 0.15) is 4.83 Å². The summed E-state index contributed by atoms with van der Waals surface area (Å²) < 4.78 is 1.66. The van der Waals surface area contributed by atoms with E-state index in [4.69, 9.17) is 4.98 Å². The number of amides is 1. The van der Waals surface area contributed by atoms with Crippen LogP contribution in [0, 0.1) is 0 Å². The van der Waals surface area contributed by atoms with Crippen LogP contribution < -0.4 is 5.56 Å². The van der Waals surface area contributed by atoms with Crippen LogP contribution >= 0.6 is 23.1 Å². The summed E-state index contributed by atoms with van der Waals surface area (Å²) in [5.74, 6) is 0.0106. The lowest BCUT2D eigenvalue weighted by Crippen LogP contribution is -2.31. The highest BCUT2D eigenvalue weighted by Crippen LogP contribution is 2.34. The topological polar surface area (TPSA) is 55.2 Å². The zero-order valence-corrected chi connectivity index (χ0v) is 17.2. The van der Waals surface area contributed by atoms with Crippen molar-refractivity contribution in [2.24, 2.45) is 0 Å². The van der Waals surface area contributed by atoms with Crippen LogP contribution in [0.4, 0.5) is 0 Å². The van der Waals surface area contributed by atoms with Crippen molar-refractivity contribution in [2.75, 3.05) is 14.1 Å². The molecule has 1 amide bonds. The largest absolute Gasteiger partial charge is 0.348 e. The van der Waals surface area contributed by atoms with Gasteiger partial charge in [0.05, 0.1) is 10.6 Å². The fourth-order valence-electron chi connectivity index (χ4n) is 3.35. The summed E-state index contributed by atoms with van der Waals surface area (Å²) in [5.41, 5.74) is 1.20. The third-order valence-corrected chi connectivity index (χ3v) is 6.94. The third kappa shape index (κ3) is 3.60. The molecule has 0 saturated carbocycles. The molecule has 0 fully saturated rings. The van der Waals surface area contributed by atoms with Crippen molar-refractivity contribution in [2.45, 2.75) is 56.0 Å². The smallest absolute Gasteiger partial charge is 0.263 e. The maximum atomic E-state index is 13.2. The zero-order valence-electron chi connectivity index (χ0n) is 15.6. The molecule has 1 atom stereocenters. The number of fused-ring (bicyclic) bond motifs is 3. The van der Waals surface area contributed by atoms with Gasteiger partial charge in [-0.05, 0) is 38.2 Å². The van der Waals surface area contributed by atoms with E-state index in [9.17, 15) is 9.59 Å². The number of hydrogen-bond acceptors (Lipinski definition) is 5. The molecule has 0 saturated heterocycles. The number of aryl methyl sites for hydroxylation is 2. The summed E-state index contributed by atoms with van der Waals surface area (Å²) >= 11 is 3.00. The van der Waals surface area contributed by atoms with Crippen LogP contribution in [0.3, 0.4) is 0 Å². The van der Waals surface area contributed by atoms with E-state index in [1.165, 1.54) is 35.0 Å². The lowest BCUT2D eigenvalue weighted by atomic mass is 10.1. The number of carbonyl (C=O) groups excluding carboxylic acids is 1. The van der Waals surface area contributed by atoms with Crippen molar-refractivity contribution in [3.05, 3.63) is 33.4 Å². The average Bonchev–Trinajstić information content (AvgIpc) is 2.79. The molecule has 140 valence electrons. The van der Waals surface area contributed by atoms with Crippen molar-refractivity contribution >= 4 is 39.2 Å². The van der Waals surface area contributed by atoms with E-state index < -0.39 is 0 Å². The molecule has 0 radical (unpaired) electrons. The van der Waals surface area contributed by atoms with Gasteiger partial charge in [0, 0.05) is 25.5 Å². The fraction of sp³-hybridized carbons (Fsp3) is 0.526. The Morgan fingerprint density at radius 2 is 2.12 bits per heavy atom. The molecule has 7 heteroatoms. The molecule has 2 aromatic heterocycles. The SMILES string of the molecule is C=CCn1c(S[C@@H](C)C(=O)N(C)C)nc2sc3c(c2c1=O)CCCCC3. The summed E-state index contributed by atoms with van der Waals surface area (Å²) in [6.45, 7) is 6.03. The van der Waals surface area contributed by atoms with Crippen LogP contribution in [0.1, 0.15) is 36.6 Å². The lowest BCUT2D eigenvalue weighted by molar-refractivity contribution is -0.127. The number of hydrogen-bond donors (Lipinski definition) is 0. The number of allylic oxidation sites excluding steroid dienone is 1. The first kappa shape index (κ1) is 19.2. The van der Waals surface area contributed by atoms with E-state index in [1.807, 2.05) is 6.92 Å². The average molecular weight is 392 g/mol. The normalized spacial score (nSPS) is 15.3. The minimum atomic E-state index is -0.303. The number of thiophene rings is 1. The maximum absolute atomic E-state index is 13.2. The second-order valence-corrected chi connectivity index (χ2v) is 9.23. The Bertz CT molecular complexity index is 898. The molecule has 0 unspecified atom stereocenters. The first-order valence-electron chi connectivity index (χ1n) is 8.97. The molecule has 5 nitrogen and oxygen atoms in total. The van der Waals surface area contributed by atoms with Gasteiger partial charge in [0.15, 0.2) is 5.16 Å². The molecule has 1 aliphatic carbocycles. The van der Waals surface area contributed by atoms with Gasteiger partial charge in [0.2, 0.25) is 5.91 Å². The number of carbonyl (C=O) groups is 1. The molecule has 0 aromatic carbocycles. The van der Waals surface area contributed by atoms with Crippen molar-refractivity contribution in [1.29, 1.82) is 0 Å². The lowest BCUT2D eigenvalue weighted by Gasteiger charge is -2.17. The van der Waals surface area contributed by atoms with Crippen LogP contribution in [0.5, 0.6) is 0 Å². The standard InChI is InChI=1S/C19H25N3O2S2/c1-5-11-22-18(24)15-13-9-7-6-8-10-14(13)26-16(15)20-19(22)25-12(2)17(23)21(3)4/h5,12H,1,6-11H2,2-4H3/t12-/m0/s1. The minimum Gasteiger partial charge on any atom is -0.348 e. The first-order valence-corrected chi connectivity index (χ1v) is 10.7. The Morgan fingerprint density at radius 1 is 1.38 bits per heavy atom. The summed E-state index contributed by atoms with van der Waals surface area (Å²) in [5, 5.41) is 1.08. The van der Waals surface area contributed by atoms with Gasteiger partial charge in [-0.25, -0.2) is 4.98 Å². The molecular weight excluding hydrogens is 366 g/mol. The molecule has 2 heterocycles. The van der Waals surface area contributed by atoms with Crippen LogP contribution in [0.2, 0.25) is 0 Å². The Balaban J connectivity index is 2.11. The van der Waals surface area contributed by atoms with Crippen LogP contribution in [-0.4, -0.2) is 39.7 Å². The van der Waals surface area contributed by atoms with Gasteiger partial charge in [-0.1, -0.05) is 24.3 Å². The monoisotopic (exact) mass is 391 g/mol. The zero-order chi connectivity index (χ0) is 18.8. The van der Waals surface area contributed by atoms with Gasteiger partial charge in [-0.15, -0.1) is 17.9 Å². The van der Waals surface area contributed by atoms with Crippen molar-refractivity contribution in [1.82, 2.24) is 14.5 Å². The van der Waals surface area contributed by atoms with E-state index >= 15 is 0 Å². The Kier molecular flexibility index (Phi) is 5.87. The van der Waals surface area contributed by atoms with Gasteiger partial charge >= 0.3 is 0 Å². The van der Waals surface area contributed by atoms with Gasteiger partial charge in [-0.2, -0.15) is 0 Å². The number of rotatable bonds is 5. The molecule has 0 bridgehead atoms. The summed E-state index contributed by atoms with van der Waals surface area (Å²) in [6, 6.07) is 0. The molecule has 0 aliphatic heterocycles. The van der Waals surface area contributed by atoms with Crippen molar-refractivity contribution in [3.63, 3.8) is 0 Å². The highest BCUT2D eigenvalue weighted by Gasteiger charge is 2.24. The number of nitrogens with zero attached hydrogens (tertiary/aromatic N) is 3. The molecule has 3 rings (SSSR count). The Labute approximate surface area is 162 Å². The molecule has 26 heavy (non-hydrogen) atoms. The predicted octanol–water partition coefficient (Wildman–Crippen LogP) is 3.48. The highest BCUT2D eigenvalue weighted by atomic mass is 32.2. The fourth-order valence-corrected chi connectivity index (χ4v) is 5.71. The van der Waals surface area contributed by atoms with E-state index in [1.54, 1.807) is 41.0 Å². The molecule has 0 spiro atoms. The van der Waals surface area contributed by atoms with E-state index in [0.29, 0.717) is 11.7 Å². The number of thioether (sulfide) groups is 1. The molecule has 1 aliphatic rings. The third-order valence-electron chi connectivity index (χ3n) is 4.67. The van der Waals surface area contributed by atoms with Crippen molar-refractivity contribution in [3.8, 4) is 0 Å². The maximum Gasteiger partial charge on any atom is 0.263 e. The Hall–Kier alpha value is -1.60. The van der Waals surface area contributed by atoms with E-state index in [-0.39, 0.29) is 16.7 Å². The van der Waals surface area contributed by atoms with Crippen LogP contribution in [0.15, 0.2) is 22.6 Å². The van der Waals surface area contributed by atoms with E-state index in [2.05, 4.69) is 6.58 Å². The van der Waals surface area contributed by atoms with Crippen molar-refractivity contribution < 1.29 is 4.79 Å². The van der Waals surface area contributed by atoms with Crippen LogP contribution in [0.25, 0.3) is 10.2 Å². The second-order valence-electron chi connectivity index (χ2n) is 6.84. The summed E-state index contributed by atoms with van der Waals surface area (Å²) in [6.07, 6.45) is 7.23. The quantitative estimate of drug-likeness (QED) is 0.339. The predicted molar refractivity (Wildman–Crippen MR) is 109 cm³/mol. The minimum absolute atomic E-state index is 0.00121. The van der Waals surface area contributed by atoms with E-state index in [0.717, 1.165) is 29.5 Å². The number of aromatic nitrogens is 2. The Morgan fingerprint density at radius 3 is 2.81 bits per heavy atom. The molecule has 2 aromatic rings. The second kappa shape index (κ2) is 7.96. The molecule has 0 N–H and O–H groups in total. The summed E-state index contributed by atoms with van der Waals surface area (Å²) in [7, 11) is 3.48. The first-order chi connectivity index (χ1) is 12.4.